The fourth-order valence-corrected chi connectivity index (χ4v) is 2.96. The van der Waals surface area contributed by atoms with E-state index in [0.29, 0.717) is 0 Å². The highest BCUT2D eigenvalue weighted by Crippen LogP contribution is 2.28. The van der Waals surface area contributed by atoms with Gasteiger partial charge in [-0.3, -0.25) is 0 Å². The van der Waals surface area contributed by atoms with E-state index in [1.54, 1.807) is 11.3 Å². The number of hydrogen-bond acceptors (Lipinski definition) is 4. The zero-order valence-corrected chi connectivity index (χ0v) is 13.6. The lowest BCUT2D eigenvalue weighted by Crippen LogP contribution is -1.94. The molecule has 2 aromatic carbocycles. The molecule has 3 nitrogen and oxygen atoms in total. The maximum absolute atomic E-state index is 5.94. The fourth-order valence-electron chi connectivity index (χ4n) is 2.22. The number of nitrogens with one attached hydrogen (secondary N) is 1. The first-order valence-electron chi connectivity index (χ1n) is 7.33. The molecule has 0 unspecified atom stereocenters. The Kier molecular flexibility index (Phi) is 4.11. The van der Waals surface area contributed by atoms with Gasteiger partial charge >= 0.3 is 0 Å². The minimum Gasteiger partial charge on any atom is -0.398 e. The van der Waals surface area contributed by atoms with Gasteiger partial charge < -0.3 is 11.1 Å². The normalized spacial score (nSPS) is 10.6. The summed E-state index contributed by atoms with van der Waals surface area (Å²) in [6, 6.07) is 14.5. The van der Waals surface area contributed by atoms with Gasteiger partial charge in [-0.25, -0.2) is 4.98 Å². The van der Waals surface area contributed by atoms with Crippen LogP contribution < -0.4 is 11.1 Å². The van der Waals surface area contributed by atoms with E-state index in [1.165, 1.54) is 5.56 Å². The summed E-state index contributed by atoms with van der Waals surface area (Å²) in [6.45, 7) is 4.16. The third-order valence-corrected chi connectivity index (χ3v) is 4.45. The van der Waals surface area contributed by atoms with E-state index in [4.69, 9.17) is 5.73 Å². The Balaban J connectivity index is 1.79. The second kappa shape index (κ2) is 6.20. The first-order chi connectivity index (χ1) is 10.7. The van der Waals surface area contributed by atoms with Gasteiger partial charge in [-0.15, -0.1) is 11.3 Å². The number of nitrogens with two attached hydrogens (primary N) is 1. The molecule has 0 amide bonds. The highest BCUT2D eigenvalue weighted by Gasteiger charge is 2.05. The Hall–Kier alpha value is -2.33. The van der Waals surface area contributed by atoms with Crippen molar-refractivity contribution in [3.8, 4) is 11.3 Å². The first-order valence-corrected chi connectivity index (χ1v) is 8.21. The van der Waals surface area contributed by atoms with E-state index >= 15 is 0 Å². The van der Waals surface area contributed by atoms with Crippen molar-refractivity contribution >= 4 is 27.8 Å². The molecule has 0 aliphatic rings. The second-order valence-electron chi connectivity index (χ2n) is 5.28. The molecule has 0 aliphatic heterocycles. The van der Waals surface area contributed by atoms with Crippen molar-refractivity contribution in [3.05, 3.63) is 59.0 Å². The van der Waals surface area contributed by atoms with E-state index in [2.05, 4.69) is 46.9 Å². The second-order valence-corrected chi connectivity index (χ2v) is 6.14. The first kappa shape index (κ1) is 14.6. The Morgan fingerprint density at radius 1 is 1.14 bits per heavy atom. The number of benzene rings is 2. The number of thiazole rings is 1. The predicted molar refractivity (Wildman–Crippen MR) is 95.8 cm³/mol. The molecule has 0 bridgehead atoms. The highest BCUT2D eigenvalue weighted by atomic mass is 32.1. The quantitative estimate of drug-likeness (QED) is 0.666. The van der Waals surface area contributed by atoms with Crippen molar-refractivity contribution in [1.82, 2.24) is 4.98 Å². The molecule has 0 saturated heterocycles. The van der Waals surface area contributed by atoms with E-state index in [9.17, 15) is 0 Å². The lowest BCUT2D eigenvalue weighted by atomic mass is 10.1. The summed E-state index contributed by atoms with van der Waals surface area (Å²) in [5, 5.41) is 6.26. The Bertz CT molecular complexity index is 775. The van der Waals surface area contributed by atoms with Crippen molar-refractivity contribution in [1.29, 1.82) is 0 Å². The van der Waals surface area contributed by atoms with Gasteiger partial charge in [0.15, 0.2) is 5.13 Å². The lowest BCUT2D eigenvalue weighted by molar-refractivity contribution is 1.14. The summed E-state index contributed by atoms with van der Waals surface area (Å²) in [4.78, 5) is 4.65. The lowest BCUT2D eigenvalue weighted by Gasteiger charge is -2.05. The molecular weight excluding hydrogens is 290 g/mol. The molecular formula is C18H19N3S. The Morgan fingerprint density at radius 2 is 1.91 bits per heavy atom. The van der Waals surface area contributed by atoms with Crippen molar-refractivity contribution in [2.75, 3.05) is 11.1 Å². The number of nitrogens with zero attached hydrogens (tertiary/aromatic N) is 1. The van der Waals surface area contributed by atoms with E-state index in [0.717, 1.165) is 39.7 Å². The molecule has 3 N–H and O–H groups in total. The summed E-state index contributed by atoms with van der Waals surface area (Å²) in [7, 11) is 0. The maximum Gasteiger partial charge on any atom is 0.187 e. The molecule has 3 rings (SSSR count). The number of hydrogen-bond donors (Lipinski definition) is 2. The molecule has 0 saturated carbocycles. The third kappa shape index (κ3) is 3.12. The van der Waals surface area contributed by atoms with Gasteiger partial charge in [0.05, 0.1) is 5.69 Å². The van der Waals surface area contributed by atoms with Gasteiger partial charge in [-0.2, -0.15) is 0 Å². The summed E-state index contributed by atoms with van der Waals surface area (Å²) in [5.41, 5.74) is 12.3. The summed E-state index contributed by atoms with van der Waals surface area (Å²) >= 11 is 1.60. The van der Waals surface area contributed by atoms with Gasteiger partial charge in [0.25, 0.3) is 0 Å². The number of anilines is 3. The molecule has 4 heteroatoms. The molecule has 1 aromatic heterocycles. The minimum absolute atomic E-state index is 0.789. The van der Waals surface area contributed by atoms with Crippen molar-refractivity contribution in [2.45, 2.75) is 20.3 Å². The van der Waals surface area contributed by atoms with Crippen LogP contribution in [0.3, 0.4) is 0 Å². The zero-order valence-electron chi connectivity index (χ0n) is 12.8. The van der Waals surface area contributed by atoms with Crippen LogP contribution in [0.2, 0.25) is 0 Å². The van der Waals surface area contributed by atoms with Gasteiger partial charge in [0.1, 0.15) is 0 Å². The maximum atomic E-state index is 5.94. The average molecular weight is 309 g/mol. The SMILES string of the molecule is CCc1ccc(-c2csc(Nc3ccc(C)c(N)c3)n2)cc1. The predicted octanol–water partition coefficient (Wildman–Crippen LogP) is 5.01. The van der Waals surface area contributed by atoms with Crippen LogP contribution in [0.1, 0.15) is 18.1 Å². The molecule has 22 heavy (non-hydrogen) atoms. The third-order valence-electron chi connectivity index (χ3n) is 3.69. The van der Waals surface area contributed by atoms with Crippen LogP contribution in [-0.4, -0.2) is 4.98 Å². The topological polar surface area (TPSA) is 50.9 Å². The summed E-state index contributed by atoms with van der Waals surface area (Å²) < 4.78 is 0. The number of nitrogen functional groups attached to an aromatic ring is 1. The molecule has 112 valence electrons. The molecule has 1 heterocycles. The largest absolute Gasteiger partial charge is 0.398 e. The standard InChI is InChI=1S/C18H19N3S/c1-3-13-5-7-14(8-6-13)17-11-22-18(21-17)20-15-9-4-12(2)16(19)10-15/h4-11H,3,19H2,1-2H3,(H,20,21). The van der Waals surface area contributed by atoms with Crippen LogP contribution in [0.25, 0.3) is 11.3 Å². The Labute approximate surface area is 134 Å². The van der Waals surface area contributed by atoms with E-state index < -0.39 is 0 Å². The summed E-state index contributed by atoms with van der Waals surface area (Å²) in [6.07, 6.45) is 1.05. The minimum atomic E-state index is 0.789. The van der Waals surface area contributed by atoms with Crippen LogP contribution in [0, 0.1) is 6.92 Å². The zero-order chi connectivity index (χ0) is 15.5. The van der Waals surface area contributed by atoms with Gasteiger partial charge in [-0.05, 0) is 36.6 Å². The molecule has 0 aliphatic carbocycles. The molecule has 3 aromatic rings. The van der Waals surface area contributed by atoms with Crippen LogP contribution in [0.5, 0.6) is 0 Å². The monoisotopic (exact) mass is 309 g/mol. The molecule has 0 radical (unpaired) electrons. The van der Waals surface area contributed by atoms with Crippen molar-refractivity contribution in [2.24, 2.45) is 0 Å². The molecule has 0 spiro atoms. The highest BCUT2D eigenvalue weighted by molar-refractivity contribution is 7.14. The summed E-state index contributed by atoms with van der Waals surface area (Å²) in [5.74, 6) is 0. The van der Waals surface area contributed by atoms with Gasteiger partial charge in [0.2, 0.25) is 0 Å². The number of aromatic nitrogens is 1. The smallest absolute Gasteiger partial charge is 0.187 e. The van der Waals surface area contributed by atoms with Gasteiger partial charge in [0, 0.05) is 22.3 Å². The molecule has 0 atom stereocenters. The van der Waals surface area contributed by atoms with Crippen LogP contribution in [-0.2, 0) is 6.42 Å². The van der Waals surface area contributed by atoms with Gasteiger partial charge in [-0.1, -0.05) is 37.3 Å². The van der Waals surface area contributed by atoms with Crippen LogP contribution in [0.15, 0.2) is 47.8 Å². The van der Waals surface area contributed by atoms with Crippen molar-refractivity contribution < 1.29 is 0 Å². The molecule has 0 fully saturated rings. The fraction of sp³-hybridized carbons (Fsp3) is 0.167. The van der Waals surface area contributed by atoms with E-state index in [1.807, 2.05) is 25.1 Å². The van der Waals surface area contributed by atoms with E-state index in [-0.39, 0.29) is 0 Å². The number of rotatable bonds is 4. The van der Waals surface area contributed by atoms with Crippen LogP contribution in [0.4, 0.5) is 16.5 Å². The van der Waals surface area contributed by atoms with Crippen molar-refractivity contribution in [3.63, 3.8) is 0 Å². The average Bonchev–Trinajstić information content (AvgIpc) is 2.99. The number of aryl methyl sites for hydroxylation is 2. The Morgan fingerprint density at radius 3 is 2.59 bits per heavy atom. The van der Waals surface area contributed by atoms with Crippen LogP contribution >= 0.6 is 11.3 Å².